The lowest BCUT2D eigenvalue weighted by Crippen LogP contribution is -2.36. The number of hydrogen-bond donors (Lipinski definition) is 1. The van der Waals surface area contributed by atoms with E-state index in [-0.39, 0.29) is 0 Å². The fourth-order valence-electron chi connectivity index (χ4n) is 1.96. The number of hydrogen-bond acceptors (Lipinski definition) is 3. The summed E-state index contributed by atoms with van der Waals surface area (Å²) in [5, 5.41) is 5.74. The first-order valence-electron chi connectivity index (χ1n) is 5.29. The molecule has 1 aliphatic rings. The third-order valence-electron chi connectivity index (χ3n) is 2.88. The molecule has 0 aromatic carbocycles. The second-order valence-corrected chi connectivity index (χ2v) is 5.79. The van der Waals surface area contributed by atoms with Gasteiger partial charge < -0.3 is 10.1 Å². The molecule has 1 aromatic heterocycles. The molecule has 1 N–H and O–H groups in total. The van der Waals surface area contributed by atoms with Gasteiger partial charge in [0.15, 0.2) is 0 Å². The van der Waals surface area contributed by atoms with Crippen molar-refractivity contribution in [3.05, 3.63) is 20.8 Å². The molecular formula is C11H16BrNOS. The van der Waals surface area contributed by atoms with Crippen molar-refractivity contribution >= 4 is 27.3 Å². The van der Waals surface area contributed by atoms with Gasteiger partial charge in [-0.3, -0.25) is 0 Å². The van der Waals surface area contributed by atoms with Crippen LogP contribution in [0.4, 0.5) is 0 Å². The molecule has 3 unspecified atom stereocenters. The molecule has 15 heavy (non-hydrogen) atoms. The monoisotopic (exact) mass is 289 g/mol. The second-order valence-electron chi connectivity index (χ2n) is 3.99. The van der Waals surface area contributed by atoms with Gasteiger partial charge in [0.2, 0.25) is 0 Å². The molecule has 1 aromatic rings. The zero-order valence-corrected chi connectivity index (χ0v) is 11.4. The molecule has 0 bridgehead atoms. The van der Waals surface area contributed by atoms with Gasteiger partial charge in [0.1, 0.15) is 0 Å². The molecule has 4 heteroatoms. The number of rotatable bonds is 3. The van der Waals surface area contributed by atoms with Crippen LogP contribution in [-0.4, -0.2) is 18.8 Å². The molecule has 0 aliphatic carbocycles. The van der Waals surface area contributed by atoms with Gasteiger partial charge in [0, 0.05) is 28.0 Å². The average Bonchev–Trinajstić information content (AvgIpc) is 2.76. The first-order chi connectivity index (χ1) is 7.18. The second kappa shape index (κ2) is 4.95. The Morgan fingerprint density at radius 2 is 2.47 bits per heavy atom. The minimum atomic E-state index is 0.339. The summed E-state index contributed by atoms with van der Waals surface area (Å²) in [6.45, 7) is 5.24. The highest BCUT2D eigenvalue weighted by Gasteiger charge is 2.26. The van der Waals surface area contributed by atoms with Crippen LogP contribution in [0.1, 0.15) is 31.2 Å². The quantitative estimate of drug-likeness (QED) is 0.922. The van der Waals surface area contributed by atoms with Crippen molar-refractivity contribution in [3.8, 4) is 0 Å². The van der Waals surface area contributed by atoms with Crippen molar-refractivity contribution in [2.45, 2.75) is 38.5 Å². The van der Waals surface area contributed by atoms with Crippen molar-refractivity contribution < 1.29 is 4.74 Å². The molecule has 3 atom stereocenters. The molecule has 2 nitrogen and oxygen atoms in total. The zero-order valence-electron chi connectivity index (χ0n) is 9.00. The van der Waals surface area contributed by atoms with Gasteiger partial charge in [0.25, 0.3) is 0 Å². The maximum atomic E-state index is 5.54. The van der Waals surface area contributed by atoms with Crippen LogP contribution in [0.25, 0.3) is 0 Å². The van der Waals surface area contributed by atoms with Gasteiger partial charge in [-0.05, 0) is 47.6 Å². The fraction of sp³-hybridized carbons (Fsp3) is 0.636. The standard InChI is InChI=1S/C11H16BrNOS/c1-7(11-9(12)4-6-15-11)13-10-3-5-14-8(10)2/h4,6-8,10,13H,3,5H2,1-2H3. The largest absolute Gasteiger partial charge is 0.377 e. The maximum Gasteiger partial charge on any atom is 0.0700 e. The predicted octanol–water partition coefficient (Wildman–Crippen LogP) is 3.34. The van der Waals surface area contributed by atoms with Gasteiger partial charge in [-0.25, -0.2) is 0 Å². The lowest BCUT2D eigenvalue weighted by atomic mass is 10.1. The summed E-state index contributed by atoms with van der Waals surface area (Å²) in [6.07, 6.45) is 1.46. The van der Waals surface area contributed by atoms with Crippen LogP contribution in [0.15, 0.2) is 15.9 Å². The molecular weight excluding hydrogens is 274 g/mol. The molecule has 0 saturated carbocycles. The van der Waals surface area contributed by atoms with Crippen LogP contribution in [0.5, 0.6) is 0 Å². The van der Waals surface area contributed by atoms with Crippen LogP contribution >= 0.6 is 27.3 Å². The van der Waals surface area contributed by atoms with E-state index in [1.807, 2.05) is 0 Å². The minimum Gasteiger partial charge on any atom is -0.377 e. The SMILES string of the molecule is CC(NC1CCOC1C)c1sccc1Br. The Balaban J connectivity index is 1.97. The van der Waals surface area contributed by atoms with Crippen molar-refractivity contribution in [3.63, 3.8) is 0 Å². The van der Waals surface area contributed by atoms with Gasteiger partial charge >= 0.3 is 0 Å². The van der Waals surface area contributed by atoms with E-state index in [1.165, 1.54) is 9.35 Å². The van der Waals surface area contributed by atoms with Gasteiger partial charge in [-0.1, -0.05) is 0 Å². The fourth-order valence-corrected chi connectivity index (χ4v) is 3.70. The molecule has 2 heterocycles. The minimum absolute atomic E-state index is 0.339. The third-order valence-corrected chi connectivity index (χ3v) is 4.93. The van der Waals surface area contributed by atoms with Crippen LogP contribution in [-0.2, 0) is 4.74 Å². The summed E-state index contributed by atoms with van der Waals surface area (Å²) in [5.74, 6) is 0. The Labute approximate surface area is 103 Å². The van der Waals surface area contributed by atoms with Crippen molar-refractivity contribution in [2.75, 3.05) is 6.61 Å². The van der Waals surface area contributed by atoms with E-state index < -0.39 is 0 Å². The van der Waals surface area contributed by atoms with Crippen molar-refractivity contribution in [1.82, 2.24) is 5.32 Å². The first kappa shape index (κ1) is 11.6. The predicted molar refractivity (Wildman–Crippen MR) is 67.4 cm³/mol. The first-order valence-corrected chi connectivity index (χ1v) is 6.96. The van der Waals surface area contributed by atoms with Crippen LogP contribution in [0, 0.1) is 0 Å². The molecule has 0 amide bonds. The third kappa shape index (κ3) is 2.61. The van der Waals surface area contributed by atoms with Crippen molar-refractivity contribution in [1.29, 1.82) is 0 Å². The topological polar surface area (TPSA) is 21.3 Å². The Morgan fingerprint density at radius 3 is 3.00 bits per heavy atom. The van der Waals surface area contributed by atoms with E-state index in [9.17, 15) is 0 Å². The molecule has 1 fully saturated rings. The molecule has 1 saturated heterocycles. The van der Waals surface area contributed by atoms with E-state index in [4.69, 9.17) is 4.74 Å². The number of ether oxygens (including phenoxy) is 1. The van der Waals surface area contributed by atoms with Gasteiger partial charge in [-0.2, -0.15) is 0 Å². The summed E-state index contributed by atoms with van der Waals surface area (Å²) in [4.78, 5) is 1.37. The van der Waals surface area contributed by atoms with E-state index in [0.717, 1.165) is 13.0 Å². The molecule has 84 valence electrons. The molecule has 2 rings (SSSR count). The van der Waals surface area contributed by atoms with Gasteiger partial charge in [0.05, 0.1) is 6.10 Å². The summed E-state index contributed by atoms with van der Waals surface area (Å²) in [5.41, 5.74) is 0. The smallest absolute Gasteiger partial charge is 0.0700 e. The Morgan fingerprint density at radius 1 is 1.67 bits per heavy atom. The van der Waals surface area contributed by atoms with Crippen molar-refractivity contribution in [2.24, 2.45) is 0 Å². The number of halogens is 1. The zero-order chi connectivity index (χ0) is 10.8. The van der Waals surface area contributed by atoms with E-state index >= 15 is 0 Å². The van der Waals surface area contributed by atoms with Gasteiger partial charge in [-0.15, -0.1) is 11.3 Å². The lowest BCUT2D eigenvalue weighted by molar-refractivity contribution is 0.111. The van der Waals surface area contributed by atoms with E-state index in [0.29, 0.717) is 18.2 Å². The van der Waals surface area contributed by atoms with Crippen LogP contribution < -0.4 is 5.32 Å². The Kier molecular flexibility index (Phi) is 3.83. The highest BCUT2D eigenvalue weighted by Crippen LogP contribution is 2.30. The Hall–Kier alpha value is 0.100. The Bertz CT molecular complexity index is 328. The highest BCUT2D eigenvalue weighted by molar-refractivity contribution is 9.10. The normalized spacial score (nSPS) is 28.2. The van der Waals surface area contributed by atoms with Crippen LogP contribution in [0.3, 0.4) is 0 Å². The van der Waals surface area contributed by atoms with E-state index in [2.05, 4.69) is 46.5 Å². The average molecular weight is 290 g/mol. The lowest BCUT2D eigenvalue weighted by Gasteiger charge is -2.21. The molecule has 1 aliphatic heterocycles. The molecule has 0 radical (unpaired) electrons. The van der Waals surface area contributed by atoms with Crippen LogP contribution in [0.2, 0.25) is 0 Å². The number of thiophene rings is 1. The summed E-state index contributed by atoms with van der Waals surface area (Å²) >= 11 is 5.36. The summed E-state index contributed by atoms with van der Waals surface area (Å²) < 4.78 is 6.75. The van der Waals surface area contributed by atoms with E-state index in [1.54, 1.807) is 11.3 Å². The summed E-state index contributed by atoms with van der Waals surface area (Å²) in [7, 11) is 0. The molecule has 0 spiro atoms. The number of nitrogens with one attached hydrogen (secondary N) is 1. The highest BCUT2D eigenvalue weighted by atomic mass is 79.9. The maximum absolute atomic E-state index is 5.54. The summed E-state index contributed by atoms with van der Waals surface area (Å²) in [6, 6.07) is 3.00.